The smallest absolute Gasteiger partial charge is 0.00101 e. The molecule has 0 aliphatic heterocycles. The third-order valence-electron chi connectivity index (χ3n) is 3.65. The van der Waals surface area contributed by atoms with Gasteiger partial charge in [0.1, 0.15) is 0 Å². The summed E-state index contributed by atoms with van der Waals surface area (Å²) in [6, 6.07) is 17.4. The maximum absolute atomic E-state index is 2.38. The highest BCUT2D eigenvalue weighted by Crippen LogP contribution is 2.43. The largest absolute Gasteiger partial charge is 0.309 e. The molecule has 1 aliphatic rings. The monoisotopic (exact) mass is 249 g/mol. The molecular formula is C18H19N. The molecule has 0 N–H and O–H groups in total. The van der Waals surface area contributed by atoms with Gasteiger partial charge < -0.3 is 4.90 Å². The summed E-state index contributed by atoms with van der Waals surface area (Å²) in [6.45, 7) is 1.09. The van der Waals surface area contributed by atoms with Gasteiger partial charge in [-0.25, -0.2) is 0 Å². The minimum atomic E-state index is 1.09. The Kier molecular flexibility index (Phi) is 3.22. The van der Waals surface area contributed by atoms with E-state index in [4.69, 9.17) is 0 Å². The van der Waals surface area contributed by atoms with Gasteiger partial charge in [-0.05, 0) is 48.3 Å². The number of hydrogen-bond donors (Lipinski definition) is 0. The van der Waals surface area contributed by atoms with Gasteiger partial charge in [0.05, 0.1) is 0 Å². The van der Waals surface area contributed by atoms with Gasteiger partial charge in [0, 0.05) is 6.54 Å². The lowest BCUT2D eigenvalue weighted by Gasteiger charge is -2.08. The van der Waals surface area contributed by atoms with Gasteiger partial charge in [-0.15, -0.1) is 0 Å². The van der Waals surface area contributed by atoms with Crippen LogP contribution in [-0.2, 0) is 0 Å². The quantitative estimate of drug-likeness (QED) is 0.677. The van der Waals surface area contributed by atoms with Gasteiger partial charge in [-0.3, -0.25) is 0 Å². The molecule has 0 spiro atoms. The van der Waals surface area contributed by atoms with Crippen molar-refractivity contribution < 1.29 is 0 Å². The predicted molar refractivity (Wildman–Crippen MR) is 82.1 cm³/mol. The number of benzene rings is 2. The Balaban J connectivity index is 2.05. The number of fused-ring (bicyclic) bond motifs is 3. The molecule has 19 heavy (non-hydrogen) atoms. The molecule has 3 rings (SSSR count). The van der Waals surface area contributed by atoms with Crippen LogP contribution < -0.4 is 0 Å². The zero-order chi connectivity index (χ0) is 13.2. The first-order chi connectivity index (χ1) is 9.27. The van der Waals surface area contributed by atoms with Crippen molar-refractivity contribution in [2.24, 2.45) is 0 Å². The zero-order valence-electron chi connectivity index (χ0n) is 11.6. The second-order valence-electron chi connectivity index (χ2n) is 5.30. The molecule has 2 aromatic rings. The van der Waals surface area contributed by atoms with Crippen molar-refractivity contribution in [2.75, 3.05) is 20.6 Å². The SMILES string of the molecule is CN(C)CCC=C1c2ccccc2-c2ccccc21. The van der Waals surface area contributed by atoms with E-state index in [0.717, 1.165) is 13.0 Å². The topological polar surface area (TPSA) is 3.24 Å². The molecule has 0 bridgehead atoms. The van der Waals surface area contributed by atoms with E-state index < -0.39 is 0 Å². The Morgan fingerprint density at radius 1 is 0.789 bits per heavy atom. The van der Waals surface area contributed by atoms with Crippen molar-refractivity contribution in [3.8, 4) is 11.1 Å². The van der Waals surface area contributed by atoms with Crippen LogP contribution in [0.25, 0.3) is 16.7 Å². The Morgan fingerprint density at radius 2 is 1.26 bits per heavy atom. The summed E-state index contributed by atoms with van der Waals surface area (Å²) >= 11 is 0. The van der Waals surface area contributed by atoms with Gasteiger partial charge in [0.2, 0.25) is 0 Å². The van der Waals surface area contributed by atoms with Crippen molar-refractivity contribution in [1.82, 2.24) is 4.90 Å². The normalized spacial score (nSPS) is 12.5. The van der Waals surface area contributed by atoms with Crippen LogP contribution in [0, 0.1) is 0 Å². The van der Waals surface area contributed by atoms with Gasteiger partial charge >= 0.3 is 0 Å². The van der Waals surface area contributed by atoms with Crippen molar-refractivity contribution >= 4 is 5.57 Å². The van der Waals surface area contributed by atoms with Crippen LogP contribution in [0.1, 0.15) is 17.5 Å². The lowest BCUT2D eigenvalue weighted by atomic mass is 10.0. The van der Waals surface area contributed by atoms with Crippen molar-refractivity contribution in [1.29, 1.82) is 0 Å². The van der Waals surface area contributed by atoms with Crippen LogP contribution in [0.4, 0.5) is 0 Å². The molecule has 0 fully saturated rings. The van der Waals surface area contributed by atoms with Crippen LogP contribution in [0.15, 0.2) is 54.6 Å². The highest BCUT2D eigenvalue weighted by atomic mass is 15.0. The predicted octanol–water partition coefficient (Wildman–Crippen LogP) is 4.05. The maximum atomic E-state index is 2.38. The molecule has 0 unspecified atom stereocenters. The summed E-state index contributed by atoms with van der Waals surface area (Å²) in [5.41, 5.74) is 6.89. The van der Waals surface area contributed by atoms with E-state index in [-0.39, 0.29) is 0 Å². The fourth-order valence-electron chi connectivity index (χ4n) is 2.74. The van der Waals surface area contributed by atoms with Crippen molar-refractivity contribution in [2.45, 2.75) is 6.42 Å². The Labute approximate surface area is 115 Å². The zero-order valence-corrected chi connectivity index (χ0v) is 11.6. The van der Waals surface area contributed by atoms with Gasteiger partial charge in [-0.1, -0.05) is 54.6 Å². The minimum Gasteiger partial charge on any atom is -0.309 e. The molecule has 2 aromatic carbocycles. The summed E-state index contributed by atoms with van der Waals surface area (Å²) in [5.74, 6) is 0. The van der Waals surface area contributed by atoms with E-state index in [1.54, 1.807) is 0 Å². The lowest BCUT2D eigenvalue weighted by molar-refractivity contribution is 0.417. The number of nitrogens with zero attached hydrogens (tertiary/aromatic N) is 1. The summed E-state index contributed by atoms with van der Waals surface area (Å²) in [7, 11) is 4.24. The fraction of sp³-hybridized carbons (Fsp3) is 0.222. The molecular weight excluding hydrogens is 230 g/mol. The van der Waals surface area contributed by atoms with Gasteiger partial charge in [0.25, 0.3) is 0 Å². The van der Waals surface area contributed by atoms with Crippen LogP contribution in [0.5, 0.6) is 0 Å². The first-order valence-electron chi connectivity index (χ1n) is 6.81. The second-order valence-corrected chi connectivity index (χ2v) is 5.30. The van der Waals surface area contributed by atoms with E-state index in [1.807, 2.05) is 0 Å². The Morgan fingerprint density at radius 3 is 1.74 bits per heavy atom. The van der Waals surface area contributed by atoms with Crippen molar-refractivity contribution in [3.63, 3.8) is 0 Å². The Bertz CT molecular complexity index is 576. The van der Waals surface area contributed by atoms with E-state index in [2.05, 4.69) is 73.6 Å². The molecule has 0 saturated heterocycles. The van der Waals surface area contributed by atoms with E-state index >= 15 is 0 Å². The average Bonchev–Trinajstić information content (AvgIpc) is 2.74. The summed E-state index contributed by atoms with van der Waals surface area (Å²) in [6.07, 6.45) is 3.47. The molecule has 1 nitrogen and oxygen atoms in total. The molecule has 1 heteroatoms. The average molecular weight is 249 g/mol. The van der Waals surface area contributed by atoms with Crippen LogP contribution in [-0.4, -0.2) is 25.5 Å². The summed E-state index contributed by atoms with van der Waals surface area (Å²) in [4.78, 5) is 2.23. The number of rotatable bonds is 3. The summed E-state index contributed by atoms with van der Waals surface area (Å²) in [5, 5.41) is 0. The van der Waals surface area contributed by atoms with Crippen LogP contribution in [0.2, 0.25) is 0 Å². The molecule has 1 aliphatic carbocycles. The Hall–Kier alpha value is -1.86. The first-order valence-corrected chi connectivity index (χ1v) is 6.81. The molecule has 0 atom stereocenters. The minimum absolute atomic E-state index is 1.09. The van der Waals surface area contributed by atoms with Gasteiger partial charge in [-0.2, -0.15) is 0 Å². The highest BCUT2D eigenvalue weighted by molar-refractivity contribution is 6.00. The van der Waals surface area contributed by atoms with Crippen LogP contribution >= 0.6 is 0 Å². The van der Waals surface area contributed by atoms with Gasteiger partial charge in [0.15, 0.2) is 0 Å². The summed E-state index contributed by atoms with van der Waals surface area (Å²) < 4.78 is 0. The standard InChI is InChI=1S/C18H19N/c1-19(2)13-7-12-18-16-10-5-3-8-14(16)15-9-4-6-11-17(15)18/h3-6,8-12H,7,13H2,1-2H3. The molecule has 0 saturated carbocycles. The van der Waals surface area contributed by atoms with E-state index in [9.17, 15) is 0 Å². The van der Waals surface area contributed by atoms with E-state index in [0.29, 0.717) is 0 Å². The first kappa shape index (κ1) is 12.2. The molecule has 0 aromatic heterocycles. The molecule has 0 radical (unpaired) electrons. The van der Waals surface area contributed by atoms with Crippen molar-refractivity contribution in [3.05, 3.63) is 65.7 Å². The second kappa shape index (κ2) is 5.02. The lowest BCUT2D eigenvalue weighted by Crippen LogP contribution is -2.11. The fourth-order valence-corrected chi connectivity index (χ4v) is 2.74. The molecule has 0 heterocycles. The molecule has 0 amide bonds. The number of hydrogen-bond acceptors (Lipinski definition) is 1. The third-order valence-corrected chi connectivity index (χ3v) is 3.65. The van der Waals surface area contributed by atoms with E-state index in [1.165, 1.54) is 27.8 Å². The highest BCUT2D eigenvalue weighted by Gasteiger charge is 2.21. The maximum Gasteiger partial charge on any atom is 0.00101 e. The van der Waals surface area contributed by atoms with Crippen LogP contribution in [0.3, 0.4) is 0 Å². The molecule has 96 valence electrons. The third kappa shape index (κ3) is 2.22.